The smallest absolute Gasteiger partial charge is 0.216 e. The summed E-state index contributed by atoms with van der Waals surface area (Å²) in [5.74, 6) is -0.835. The number of hydrogen-bond acceptors (Lipinski definition) is 8. The number of aliphatic hydroxyl groups excluding tert-OH is 1. The van der Waals surface area contributed by atoms with Gasteiger partial charge in [-0.2, -0.15) is 0 Å². The molecule has 2 aromatic carbocycles. The number of aliphatic hydroxyl groups is 1. The first kappa shape index (κ1) is 21.5. The Morgan fingerprint density at radius 1 is 1.18 bits per heavy atom. The van der Waals surface area contributed by atoms with Crippen molar-refractivity contribution in [2.24, 2.45) is 5.92 Å². The highest BCUT2D eigenvalue weighted by Gasteiger charge is 2.38. The molecular weight excluding hydrogens is 424 g/mol. The van der Waals surface area contributed by atoms with Crippen LogP contribution in [0.2, 0.25) is 0 Å². The summed E-state index contributed by atoms with van der Waals surface area (Å²) < 4.78 is 12.1. The Hall–Kier alpha value is -3.33. The third-order valence-electron chi connectivity index (χ3n) is 6.35. The van der Waals surface area contributed by atoms with Crippen LogP contribution in [0.5, 0.6) is 11.5 Å². The second kappa shape index (κ2) is 7.91. The summed E-state index contributed by atoms with van der Waals surface area (Å²) in [6, 6.07) is 8.10. The minimum Gasteiger partial charge on any atom is -0.507 e. The number of fused-ring (bicyclic) bond motifs is 4. The van der Waals surface area contributed by atoms with Crippen molar-refractivity contribution in [2.75, 3.05) is 7.05 Å². The maximum Gasteiger partial charge on any atom is 0.216 e. The summed E-state index contributed by atoms with van der Waals surface area (Å²) in [6.45, 7) is 3.82. The van der Waals surface area contributed by atoms with Gasteiger partial charge in [-0.1, -0.05) is 19.1 Å². The zero-order valence-electron chi connectivity index (χ0n) is 18.5. The van der Waals surface area contributed by atoms with Gasteiger partial charge < -0.3 is 19.7 Å². The second-order valence-corrected chi connectivity index (χ2v) is 8.66. The van der Waals surface area contributed by atoms with Crippen molar-refractivity contribution < 1.29 is 29.3 Å². The molecule has 0 unspecified atom stereocenters. The number of ketones is 2. The van der Waals surface area contributed by atoms with E-state index in [1.54, 1.807) is 13.1 Å². The van der Waals surface area contributed by atoms with E-state index in [0.29, 0.717) is 22.9 Å². The normalized spacial score (nSPS) is 24.5. The SMILES string of the molecule is CN[C@H]1O[C@@H](Oc2cc(C)cc3cnc4c(c23)C(=O)c2cccc(O)c2C4=O)C[C@H](C)[C@H]1O. The van der Waals surface area contributed by atoms with Gasteiger partial charge in [0.2, 0.25) is 12.1 Å². The molecule has 3 aromatic rings. The Morgan fingerprint density at radius 2 is 1.97 bits per heavy atom. The minimum atomic E-state index is -0.676. The van der Waals surface area contributed by atoms with Crippen LogP contribution in [-0.2, 0) is 4.74 Å². The Morgan fingerprint density at radius 3 is 2.73 bits per heavy atom. The molecule has 0 saturated carbocycles. The first-order valence-electron chi connectivity index (χ1n) is 10.8. The molecule has 5 rings (SSSR count). The standard InChI is InChI=1S/C25H24N2O6/c1-11-7-13-10-27-21-20(23(30)14-5-4-6-15(28)19(14)24(21)31)18(13)16(8-11)32-17-9-12(2)22(29)25(26-3)33-17/h4-8,10,12,17,22,25-26,28-29H,9H2,1-3H3/t12-,17+,22+,25-/m0/s1. The van der Waals surface area contributed by atoms with Crippen LogP contribution in [0.1, 0.15) is 50.9 Å². The zero-order chi connectivity index (χ0) is 23.4. The number of carbonyl (C=O) groups excluding carboxylic acids is 2. The van der Waals surface area contributed by atoms with Gasteiger partial charge in [0.25, 0.3) is 0 Å². The van der Waals surface area contributed by atoms with Crippen molar-refractivity contribution in [3.05, 3.63) is 64.5 Å². The largest absolute Gasteiger partial charge is 0.507 e. The third-order valence-corrected chi connectivity index (χ3v) is 6.35. The highest BCUT2D eigenvalue weighted by molar-refractivity contribution is 6.32. The molecule has 1 aliphatic heterocycles. The van der Waals surface area contributed by atoms with E-state index in [1.165, 1.54) is 24.4 Å². The van der Waals surface area contributed by atoms with E-state index in [0.717, 1.165) is 5.56 Å². The van der Waals surface area contributed by atoms with Crippen LogP contribution < -0.4 is 10.1 Å². The number of carbonyl (C=O) groups is 2. The quantitative estimate of drug-likeness (QED) is 0.438. The maximum absolute atomic E-state index is 13.5. The minimum absolute atomic E-state index is 0.0170. The Bertz CT molecular complexity index is 1300. The van der Waals surface area contributed by atoms with Gasteiger partial charge >= 0.3 is 0 Å². The van der Waals surface area contributed by atoms with Crippen LogP contribution in [0.4, 0.5) is 0 Å². The molecule has 2 aliphatic rings. The topological polar surface area (TPSA) is 118 Å². The van der Waals surface area contributed by atoms with Crippen molar-refractivity contribution in [1.29, 1.82) is 0 Å². The van der Waals surface area contributed by atoms with E-state index in [-0.39, 0.29) is 34.1 Å². The predicted molar refractivity (Wildman–Crippen MR) is 120 cm³/mol. The average molecular weight is 448 g/mol. The zero-order valence-corrected chi connectivity index (χ0v) is 18.5. The number of nitrogens with one attached hydrogen (secondary N) is 1. The van der Waals surface area contributed by atoms with Crippen LogP contribution in [0.3, 0.4) is 0 Å². The fourth-order valence-electron chi connectivity index (χ4n) is 4.67. The lowest BCUT2D eigenvalue weighted by Gasteiger charge is -2.37. The Labute approximate surface area is 190 Å². The second-order valence-electron chi connectivity index (χ2n) is 8.66. The first-order valence-corrected chi connectivity index (χ1v) is 10.8. The average Bonchev–Trinajstić information content (AvgIpc) is 2.78. The lowest BCUT2D eigenvalue weighted by Crippen LogP contribution is -2.51. The van der Waals surface area contributed by atoms with Crippen LogP contribution in [0.25, 0.3) is 10.8 Å². The number of phenolic OH excluding ortho intramolecular Hbond substituents is 1. The molecule has 4 atom stereocenters. The van der Waals surface area contributed by atoms with Gasteiger partial charge in [0.05, 0.1) is 17.2 Å². The summed E-state index contributed by atoms with van der Waals surface area (Å²) in [7, 11) is 1.70. The van der Waals surface area contributed by atoms with E-state index in [2.05, 4.69) is 10.3 Å². The van der Waals surface area contributed by atoms with E-state index in [9.17, 15) is 19.8 Å². The molecule has 1 fully saturated rings. The maximum atomic E-state index is 13.5. The van der Waals surface area contributed by atoms with E-state index in [4.69, 9.17) is 9.47 Å². The summed E-state index contributed by atoms with van der Waals surface area (Å²) in [5, 5.41) is 24.6. The number of phenols is 1. The third kappa shape index (κ3) is 3.38. The number of likely N-dealkylation sites (N-methyl/N-ethyl adjacent to an activating group) is 1. The van der Waals surface area contributed by atoms with Gasteiger partial charge in [0.15, 0.2) is 5.78 Å². The van der Waals surface area contributed by atoms with Crippen LogP contribution in [0.15, 0.2) is 36.5 Å². The molecule has 1 saturated heterocycles. The molecule has 170 valence electrons. The number of rotatable bonds is 3. The molecule has 33 heavy (non-hydrogen) atoms. The monoisotopic (exact) mass is 448 g/mol. The van der Waals surface area contributed by atoms with Crippen LogP contribution in [-0.4, -0.2) is 52.4 Å². The molecular formula is C25H24N2O6. The molecule has 2 heterocycles. The van der Waals surface area contributed by atoms with Crippen molar-refractivity contribution in [3.8, 4) is 11.5 Å². The van der Waals surface area contributed by atoms with Gasteiger partial charge in [-0.15, -0.1) is 0 Å². The number of ether oxygens (including phenoxy) is 2. The van der Waals surface area contributed by atoms with Crippen LogP contribution in [0, 0.1) is 12.8 Å². The molecule has 3 N–H and O–H groups in total. The highest BCUT2D eigenvalue weighted by Crippen LogP contribution is 2.40. The fourth-order valence-corrected chi connectivity index (χ4v) is 4.67. The van der Waals surface area contributed by atoms with E-state index in [1.807, 2.05) is 19.9 Å². The predicted octanol–water partition coefficient (Wildman–Crippen LogP) is 2.69. The molecule has 0 bridgehead atoms. The Balaban J connectivity index is 1.66. The van der Waals surface area contributed by atoms with Crippen molar-refractivity contribution in [1.82, 2.24) is 10.3 Å². The lowest BCUT2D eigenvalue weighted by molar-refractivity contribution is -0.211. The van der Waals surface area contributed by atoms with Gasteiger partial charge in [-0.25, -0.2) is 0 Å². The Kier molecular flexibility index (Phi) is 5.16. The number of aromatic nitrogens is 1. The van der Waals surface area contributed by atoms with Crippen molar-refractivity contribution in [2.45, 2.75) is 38.9 Å². The summed E-state index contributed by atoms with van der Waals surface area (Å²) in [5.41, 5.74) is 1.12. The van der Waals surface area contributed by atoms with Gasteiger partial charge in [-0.05, 0) is 43.7 Å². The number of hydrogen-bond donors (Lipinski definition) is 3. The van der Waals surface area contributed by atoms with Crippen molar-refractivity contribution in [3.63, 3.8) is 0 Å². The molecule has 8 heteroatoms. The summed E-state index contributed by atoms with van der Waals surface area (Å²) in [4.78, 5) is 31.0. The van der Waals surface area contributed by atoms with Gasteiger partial charge in [0, 0.05) is 29.0 Å². The van der Waals surface area contributed by atoms with Gasteiger partial charge in [-0.3, -0.25) is 19.9 Å². The number of pyridine rings is 1. The molecule has 1 aromatic heterocycles. The summed E-state index contributed by atoms with van der Waals surface area (Å²) in [6.07, 6.45) is 0.0497. The number of benzene rings is 2. The number of nitrogens with zero attached hydrogens (tertiary/aromatic N) is 1. The summed E-state index contributed by atoms with van der Waals surface area (Å²) >= 11 is 0. The van der Waals surface area contributed by atoms with Crippen molar-refractivity contribution >= 4 is 22.3 Å². The molecule has 0 spiro atoms. The number of aryl methyl sites for hydroxylation is 1. The van der Waals surface area contributed by atoms with Gasteiger partial charge in [0.1, 0.15) is 23.4 Å². The lowest BCUT2D eigenvalue weighted by atomic mass is 9.84. The molecule has 8 nitrogen and oxygen atoms in total. The highest BCUT2D eigenvalue weighted by atomic mass is 16.7. The molecule has 0 amide bonds. The number of aromatic hydroxyl groups is 1. The first-order chi connectivity index (χ1) is 15.8. The van der Waals surface area contributed by atoms with Crippen LogP contribution >= 0.6 is 0 Å². The fraction of sp³-hybridized carbons (Fsp3) is 0.320. The van der Waals surface area contributed by atoms with E-state index < -0.39 is 30.2 Å². The van der Waals surface area contributed by atoms with E-state index >= 15 is 0 Å². The molecule has 0 radical (unpaired) electrons. The molecule has 1 aliphatic carbocycles.